The molecule has 1 aliphatic heterocycles. The quantitative estimate of drug-likeness (QED) is 0.731. The van der Waals surface area contributed by atoms with Crippen LogP contribution in [0.15, 0.2) is 29.2 Å². The number of primary amides is 1. The van der Waals surface area contributed by atoms with Crippen molar-refractivity contribution in [2.75, 3.05) is 13.7 Å². The normalized spacial score (nSPS) is 19.7. The molecule has 0 aliphatic carbocycles. The van der Waals surface area contributed by atoms with Crippen molar-refractivity contribution in [3.8, 4) is 5.75 Å². The molecule has 0 aromatic heterocycles. The van der Waals surface area contributed by atoms with Crippen molar-refractivity contribution in [1.82, 2.24) is 4.31 Å². The van der Waals surface area contributed by atoms with Crippen LogP contribution in [0.4, 0.5) is 0 Å². The summed E-state index contributed by atoms with van der Waals surface area (Å²) in [7, 11) is -2.37. The van der Waals surface area contributed by atoms with E-state index in [1.807, 2.05) is 0 Å². The fourth-order valence-corrected chi connectivity index (χ4v) is 4.10. The van der Waals surface area contributed by atoms with Gasteiger partial charge in [-0.3, -0.25) is 9.59 Å². The molecule has 8 nitrogen and oxygen atoms in total. The van der Waals surface area contributed by atoms with Gasteiger partial charge >= 0.3 is 5.97 Å². The van der Waals surface area contributed by atoms with Crippen molar-refractivity contribution in [3.05, 3.63) is 24.3 Å². The molecule has 2 N–H and O–H groups in total. The van der Waals surface area contributed by atoms with Gasteiger partial charge in [0.15, 0.2) is 6.10 Å². The van der Waals surface area contributed by atoms with E-state index in [0.717, 1.165) is 4.31 Å². The van der Waals surface area contributed by atoms with Gasteiger partial charge in [0.25, 0.3) is 5.91 Å². The lowest BCUT2D eigenvalue weighted by atomic mass is 10.2. The number of sulfonamides is 1. The van der Waals surface area contributed by atoms with Gasteiger partial charge in [-0.25, -0.2) is 8.42 Å². The van der Waals surface area contributed by atoms with Crippen LogP contribution in [0.25, 0.3) is 0 Å². The van der Waals surface area contributed by atoms with Gasteiger partial charge in [-0.2, -0.15) is 4.31 Å². The monoisotopic (exact) mass is 356 g/mol. The van der Waals surface area contributed by atoms with Gasteiger partial charge in [-0.05, 0) is 44.0 Å². The number of benzene rings is 1. The molecule has 1 aromatic rings. The number of carbonyl (C=O) groups excluding carboxylic acids is 2. The van der Waals surface area contributed by atoms with Crippen LogP contribution in [-0.4, -0.2) is 50.4 Å². The molecular formula is C15H20N2O6S. The number of methoxy groups -OCH3 is 1. The Balaban J connectivity index is 2.21. The Hall–Kier alpha value is -2.13. The number of carbonyl (C=O) groups is 2. The zero-order chi connectivity index (χ0) is 17.9. The van der Waals surface area contributed by atoms with Crippen LogP contribution in [0, 0.1) is 0 Å². The number of amides is 1. The molecule has 9 heteroatoms. The van der Waals surface area contributed by atoms with Crippen molar-refractivity contribution in [3.63, 3.8) is 0 Å². The molecule has 0 saturated carbocycles. The average Bonchev–Trinajstić information content (AvgIpc) is 3.05. The SMILES string of the molecule is COc1ccc(S(=O)(=O)N2CCC[C@H]2C(=O)O[C@H](C)C(N)=O)cc1. The third-order valence-corrected chi connectivity index (χ3v) is 5.76. The third kappa shape index (κ3) is 3.68. The first-order chi connectivity index (χ1) is 11.3. The van der Waals surface area contributed by atoms with Crippen molar-refractivity contribution in [2.45, 2.75) is 36.8 Å². The Labute approximate surface area is 140 Å². The summed E-state index contributed by atoms with van der Waals surface area (Å²) in [5, 5.41) is 0. The molecule has 1 fully saturated rings. The zero-order valence-electron chi connectivity index (χ0n) is 13.5. The highest BCUT2D eigenvalue weighted by Crippen LogP contribution is 2.28. The van der Waals surface area contributed by atoms with Crippen molar-refractivity contribution in [1.29, 1.82) is 0 Å². The van der Waals surface area contributed by atoms with E-state index in [9.17, 15) is 18.0 Å². The van der Waals surface area contributed by atoms with E-state index in [4.69, 9.17) is 15.2 Å². The van der Waals surface area contributed by atoms with Gasteiger partial charge in [-0.1, -0.05) is 0 Å². The van der Waals surface area contributed by atoms with Crippen LogP contribution in [-0.2, 0) is 24.3 Å². The number of rotatable bonds is 6. The molecule has 1 saturated heterocycles. The molecule has 2 rings (SSSR count). The topological polar surface area (TPSA) is 116 Å². The number of esters is 1. The summed E-state index contributed by atoms with van der Waals surface area (Å²) in [5.41, 5.74) is 5.06. The number of hydrogen-bond acceptors (Lipinski definition) is 6. The molecule has 0 radical (unpaired) electrons. The van der Waals surface area contributed by atoms with E-state index in [2.05, 4.69) is 0 Å². The lowest BCUT2D eigenvalue weighted by molar-refractivity contribution is -0.156. The highest BCUT2D eigenvalue weighted by molar-refractivity contribution is 7.89. The first-order valence-corrected chi connectivity index (χ1v) is 8.87. The summed E-state index contributed by atoms with van der Waals surface area (Å²) in [6.07, 6.45) is -0.247. The summed E-state index contributed by atoms with van der Waals surface area (Å²) >= 11 is 0. The number of hydrogen-bond donors (Lipinski definition) is 1. The maximum absolute atomic E-state index is 12.8. The highest BCUT2D eigenvalue weighted by atomic mass is 32.2. The first kappa shape index (κ1) is 18.2. The van der Waals surface area contributed by atoms with E-state index in [0.29, 0.717) is 18.6 Å². The van der Waals surface area contributed by atoms with Gasteiger partial charge in [0.2, 0.25) is 10.0 Å². The van der Waals surface area contributed by atoms with Gasteiger partial charge in [-0.15, -0.1) is 0 Å². The maximum Gasteiger partial charge on any atom is 0.325 e. The minimum absolute atomic E-state index is 0.0611. The molecule has 0 unspecified atom stereocenters. The Morgan fingerprint density at radius 1 is 1.29 bits per heavy atom. The molecule has 0 bridgehead atoms. The second-order valence-electron chi connectivity index (χ2n) is 5.43. The smallest absolute Gasteiger partial charge is 0.325 e. The summed E-state index contributed by atoms with van der Waals surface area (Å²) in [6, 6.07) is 4.94. The van der Waals surface area contributed by atoms with E-state index in [1.54, 1.807) is 0 Å². The summed E-state index contributed by atoms with van der Waals surface area (Å²) in [6.45, 7) is 1.55. The predicted molar refractivity (Wildman–Crippen MR) is 84.7 cm³/mol. The lowest BCUT2D eigenvalue weighted by Gasteiger charge is -2.23. The van der Waals surface area contributed by atoms with Crippen LogP contribution < -0.4 is 10.5 Å². The molecule has 2 atom stereocenters. The van der Waals surface area contributed by atoms with Gasteiger partial charge in [0.05, 0.1) is 12.0 Å². The van der Waals surface area contributed by atoms with Crippen LogP contribution in [0.5, 0.6) is 5.75 Å². The first-order valence-electron chi connectivity index (χ1n) is 7.43. The molecular weight excluding hydrogens is 336 g/mol. The largest absolute Gasteiger partial charge is 0.497 e. The predicted octanol–water partition coefficient (Wildman–Crippen LogP) is 0.265. The lowest BCUT2D eigenvalue weighted by Crippen LogP contribution is -2.43. The van der Waals surface area contributed by atoms with E-state index in [1.165, 1.54) is 38.3 Å². The highest BCUT2D eigenvalue weighted by Gasteiger charge is 2.41. The molecule has 0 spiro atoms. The summed E-state index contributed by atoms with van der Waals surface area (Å²) < 4.78 is 36.6. The van der Waals surface area contributed by atoms with Crippen LogP contribution in [0.3, 0.4) is 0 Å². The fraction of sp³-hybridized carbons (Fsp3) is 0.467. The number of ether oxygens (including phenoxy) is 2. The standard InChI is InChI=1S/C15H20N2O6S/c1-10(14(16)18)23-15(19)13-4-3-9-17(13)24(20,21)12-7-5-11(22-2)6-8-12/h5-8,10,13H,3-4,9H2,1-2H3,(H2,16,18)/t10-,13+/m1/s1. The van der Waals surface area contributed by atoms with Crippen LogP contribution >= 0.6 is 0 Å². The number of nitrogens with zero attached hydrogens (tertiary/aromatic N) is 1. The van der Waals surface area contributed by atoms with Gasteiger partial charge in [0, 0.05) is 6.54 Å². The van der Waals surface area contributed by atoms with Crippen molar-refractivity contribution in [2.24, 2.45) is 5.73 Å². The summed E-state index contributed by atoms with van der Waals surface area (Å²) in [4.78, 5) is 23.3. The second-order valence-corrected chi connectivity index (χ2v) is 7.32. The minimum atomic E-state index is -3.85. The Bertz CT molecular complexity index is 716. The third-order valence-electron chi connectivity index (χ3n) is 3.84. The molecule has 1 amide bonds. The zero-order valence-corrected chi connectivity index (χ0v) is 14.3. The van der Waals surface area contributed by atoms with Crippen LogP contribution in [0.2, 0.25) is 0 Å². The average molecular weight is 356 g/mol. The van der Waals surface area contributed by atoms with Gasteiger partial charge in [0.1, 0.15) is 11.8 Å². The van der Waals surface area contributed by atoms with Crippen molar-refractivity contribution < 1.29 is 27.5 Å². The molecule has 1 aliphatic rings. The van der Waals surface area contributed by atoms with Crippen LogP contribution in [0.1, 0.15) is 19.8 Å². The Morgan fingerprint density at radius 3 is 2.46 bits per heavy atom. The van der Waals surface area contributed by atoms with E-state index in [-0.39, 0.29) is 11.4 Å². The van der Waals surface area contributed by atoms with Gasteiger partial charge < -0.3 is 15.2 Å². The molecule has 1 aromatic carbocycles. The summed E-state index contributed by atoms with van der Waals surface area (Å²) in [5.74, 6) is -1.02. The molecule has 1 heterocycles. The maximum atomic E-state index is 12.8. The van der Waals surface area contributed by atoms with E-state index >= 15 is 0 Å². The molecule has 24 heavy (non-hydrogen) atoms. The Kier molecular flexibility index (Phi) is 5.45. The minimum Gasteiger partial charge on any atom is -0.497 e. The fourth-order valence-electron chi connectivity index (χ4n) is 2.46. The molecule has 132 valence electrons. The van der Waals surface area contributed by atoms with Crippen molar-refractivity contribution >= 4 is 21.9 Å². The Morgan fingerprint density at radius 2 is 1.92 bits per heavy atom. The number of nitrogens with two attached hydrogens (primary N) is 1. The second kappa shape index (κ2) is 7.18. The van der Waals surface area contributed by atoms with E-state index < -0.39 is 34.0 Å².